The molecule has 0 saturated heterocycles. The maximum absolute atomic E-state index is 6.17. The van der Waals surface area contributed by atoms with Crippen LogP contribution in [0.25, 0.3) is 10.9 Å². The van der Waals surface area contributed by atoms with Crippen LogP contribution in [-0.2, 0) is 0 Å². The Morgan fingerprint density at radius 2 is 1.56 bits per heavy atom. The van der Waals surface area contributed by atoms with E-state index in [1.54, 1.807) is 24.4 Å². The maximum atomic E-state index is 6.17. The summed E-state index contributed by atoms with van der Waals surface area (Å²) in [5.41, 5.74) is 7.06. The summed E-state index contributed by atoms with van der Waals surface area (Å²) in [5.74, 6) is 1.56. The third kappa shape index (κ3) is 3.72. The van der Waals surface area contributed by atoms with E-state index < -0.39 is 0 Å². The number of benzene rings is 2. The van der Waals surface area contributed by atoms with Crippen molar-refractivity contribution in [3.63, 3.8) is 0 Å². The minimum Gasteiger partial charge on any atom is -0.437 e. The number of rotatable bonds is 4. The molecular formula is C19H12Br2N4O2. The molecule has 0 fully saturated rings. The molecule has 0 spiro atoms. The van der Waals surface area contributed by atoms with Crippen LogP contribution in [0.3, 0.4) is 0 Å². The lowest BCUT2D eigenvalue weighted by molar-refractivity contribution is 0.440. The van der Waals surface area contributed by atoms with Crippen LogP contribution in [0.4, 0.5) is 5.69 Å². The van der Waals surface area contributed by atoms with E-state index in [4.69, 9.17) is 15.2 Å². The van der Waals surface area contributed by atoms with Crippen molar-refractivity contribution in [3.05, 3.63) is 70.0 Å². The number of fused-ring (bicyclic) bond motifs is 1. The average Bonchev–Trinajstić information content (AvgIpc) is 2.69. The molecule has 0 radical (unpaired) electrons. The summed E-state index contributed by atoms with van der Waals surface area (Å²) in [6.45, 7) is 0. The standard InChI is InChI=1S/C19H12Br2N4O2/c20-11-3-5-12(6-4-11)26-18-16(22)19(25-10-24-18)27-15-8-7-14(21)13-2-1-9-23-17(13)15/h1-10H,22H2. The van der Waals surface area contributed by atoms with Crippen LogP contribution < -0.4 is 15.2 Å². The van der Waals surface area contributed by atoms with Crippen LogP contribution in [0.2, 0.25) is 0 Å². The molecule has 27 heavy (non-hydrogen) atoms. The quantitative estimate of drug-likeness (QED) is 0.396. The minimum absolute atomic E-state index is 0.200. The number of nitrogens with zero attached hydrogens (tertiary/aromatic N) is 3. The van der Waals surface area contributed by atoms with Crippen LogP contribution in [0, 0.1) is 0 Å². The van der Waals surface area contributed by atoms with Gasteiger partial charge in [-0.3, -0.25) is 4.98 Å². The van der Waals surface area contributed by atoms with E-state index in [9.17, 15) is 0 Å². The van der Waals surface area contributed by atoms with Crippen molar-refractivity contribution in [1.82, 2.24) is 15.0 Å². The van der Waals surface area contributed by atoms with Crippen molar-refractivity contribution in [3.8, 4) is 23.3 Å². The molecule has 0 saturated carbocycles. The Hall–Kier alpha value is -2.71. The molecule has 4 aromatic rings. The fourth-order valence-electron chi connectivity index (χ4n) is 2.44. The van der Waals surface area contributed by atoms with E-state index >= 15 is 0 Å². The lowest BCUT2D eigenvalue weighted by Crippen LogP contribution is -2.01. The molecule has 0 unspecified atom stereocenters. The van der Waals surface area contributed by atoms with Gasteiger partial charge in [0.25, 0.3) is 0 Å². The first-order valence-electron chi connectivity index (χ1n) is 7.87. The third-order valence-electron chi connectivity index (χ3n) is 3.73. The average molecular weight is 488 g/mol. The molecule has 2 N–H and O–H groups in total. The van der Waals surface area contributed by atoms with Crippen LogP contribution in [0.1, 0.15) is 0 Å². The van der Waals surface area contributed by atoms with Crippen molar-refractivity contribution in [2.24, 2.45) is 0 Å². The summed E-state index contributed by atoms with van der Waals surface area (Å²) in [4.78, 5) is 12.6. The normalized spacial score (nSPS) is 10.7. The lowest BCUT2D eigenvalue weighted by atomic mass is 10.2. The zero-order valence-corrected chi connectivity index (χ0v) is 16.9. The number of hydrogen-bond acceptors (Lipinski definition) is 6. The van der Waals surface area contributed by atoms with E-state index in [1.165, 1.54) is 6.33 Å². The molecule has 2 aromatic heterocycles. The molecule has 0 aliphatic carbocycles. The number of nitrogen functional groups attached to an aromatic ring is 1. The van der Waals surface area contributed by atoms with E-state index in [0.717, 1.165) is 14.3 Å². The van der Waals surface area contributed by atoms with Gasteiger partial charge in [0.05, 0.1) is 0 Å². The van der Waals surface area contributed by atoms with Gasteiger partial charge in [0.1, 0.15) is 17.6 Å². The van der Waals surface area contributed by atoms with E-state index in [0.29, 0.717) is 17.0 Å². The second-order valence-electron chi connectivity index (χ2n) is 5.50. The summed E-state index contributed by atoms with van der Waals surface area (Å²) in [5, 5.41) is 0.925. The van der Waals surface area contributed by atoms with Crippen molar-refractivity contribution in [2.75, 3.05) is 5.73 Å². The largest absolute Gasteiger partial charge is 0.437 e. The SMILES string of the molecule is Nc1c(Oc2ccc(Br)cc2)ncnc1Oc1ccc(Br)c2cccnc12. The predicted molar refractivity (Wildman–Crippen MR) is 110 cm³/mol. The lowest BCUT2D eigenvalue weighted by Gasteiger charge is -2.12. The highest BCUT2D eigenvalue weighted by Crippen LogP contribution is 2.37. The first kappa shape index (κ1) is 17.7. The highest BCUT2D eigenvalue weighted by molar-refractivity contribution is 9.11. The second kappa shape index (κ2) is 7.50. The smallest absolute Gasteiger partial charge is 0.249 e. The fraction of sp³-hybridized carbons (Fsp3) is 0. The highest BCUT2D eigenvalue weighted by Gasteiger charge is 2.15. The molecule has 134 valence electrons. The molecule has 2 aromatic carbocycles. The summed E-state index contributed by atoms with van der Waals surface area (Å²) in [6.07, 6.45) is 3.04. The van der Waals surface area contributed by atoms with E-state index in [-0.39, 0.29) is 17.4 Å². The van der Waals surface area contributed by atoms with Gasteiger partial charge in [0, 0.05) is 20.5 Å². The Balaban J connectivity index is 1.68. The van der Waals surface area contributed by atoms with Gasteiger partial charge in [0.2, 0.25) is 11.8 Å². The third-order valence-corrected chi connectivity index (χ3v) is 4.95. The number of halogens is 2. The fourth-order valence-corrected chi connectivity index (χ4v) is 3.16. The molecule has 0 aliphatic heterocycles. The Kier molecular flexibility index (Phi) is 4.91. The van der Waals surface area contributed by atoms with Gasteiger partial charge < -0.3 is 15.2 Å². The summed E-state index contributed by atoms with van der Waals surface area (Å²) >= 11 is 6.90. The molecule has 0 aliphatic rings. The molecule has 8 heteroatoms. The zero-order chi connectivity index (χ0) is 18.8. The maximum Gasteiger partial charge on any atom is 0.249 e. The van der Waals surface area contributed by atoms with Gasteiger partial charge in [-0.25, -0.2) is 0 Å². The highest BCUT2D eigenvalue weighted by atomic mass is 79.9. The second-order valence-corrected chi connectivity index (χ2v) is 7.27. The molecule has 0 amide bonds. The van der Waals surface area contributed by atoms with Crippen LogP contribution in [0.5, 0.6) is 23.3 Å². The van der Waals surface area contributed by atoms with Gasteiger partial charge in [0.15, 0.2) is 11.4 Å². The molecule has 6 nitrogen and oxygen atoms in total. The Labute approximate surface area is 171 Å². The van der Waals surface area contributed by atoms with Gasteiger partial charge >= 0.3 is 0 Å². The molecule has 2 heterocycles. The number of anilines is 1. The first-order valence-corrected chi connectivity index (χ1v) is 9.45. The minimum atomic E-state index is 0.200. The van der Waals surface area contributed by atoms with Crippen molar-refractivity contribution < 1.29 is 9.47 Å². The van der Waals surface area contributed by atoms with Gasteiger partial charge in [-0.1, -0.05) is 37.9 Å². The van der Waals surface area contributed by atoms with Crippen molar-refractivity contribution in [1.29, 1.82) is 0 Å². The van der Waals surface area contributed by atoms with Crippen molar-refractivity contribution in [2.45, 2.75) is 0 Å². The van der Waals surface area contributed by atoms with E-state index in [1.807, 2.05) is 30.3 Å². The number of aromatic nitrogens is 3. The Bertz CT molecular complexity index is 1120. The Morgan fingerprint density at radius 3 is 2.33 bits per heavy atom. The monoisotopic (exact) mass is 486 g/mol. The summed E-state index contributed by atoms with van der Waals surface area (Å²) in [7, 11) is 0. The number of nitrogens with two attached hydrogens (primary N) is 1. The van der Waals surface area contributed by atoms with Gasteiger partial charge in [-0.2, -0.15) is 9.97 Å². The van der Waals surface area contributed by atoms with E-state index in [2.05, 4.69) is 46.8 Å². The summed E-state index contributed by atoms with van der Waals surface area (Å²) in [6, 6.07) is 14.8. The Morgan fingerprint density at radius 1 is 0.815 bits per heavy atom. The van der Waals surface area contributed by atoms with Gasteiger partial charge in [-0.05, 0) is 42.5 Å². The first-order chi connectivity index (χ1) is 13.1. The molecule has 0 bridgehead atoms. The zero-order valence-electron chi connectivity index (χ0n) is 13.8. The molecule has 0 atom stereocenters. The molecule has 4 rings (SSSR count). The van der Waals surface area contributed by atoms with Crippen molar-refractivity contribution >= 4 is 48.5 Å². The van der Waals surface area contributed by atoms with Gasteiger partial charge in [-0.15, -0.1) is 0 Å². The van der Waals surface area contributed by atoms with Crippen LogP contribution in [-0.4, -0.2) is 15.0 Å². The molecular weight excluding hydrogens is 476 g/mol. The summed E-state index contributed by atoms with van der Waals surface area (Å²) < 4.78 is 13.5. The van der Waals surface area contributed by atoms with Crippen LogP contribution in [0.15, 0.2) is 70.0 Å². The van der Waals surface area contributed by atoms with Crippen LogP contribution >= 0.6 is 31.9 Å². The number of pyridine rings is 1. The predicted octanol–water partition coefficient (Wildman–Crippen LogP) is 5.72. The number of hydrogen-bond donors (Lipinski definition) is 1. The number of ether oxygens (including phenoxy) is 2. The topological polar surface area (TPSA) is 83.2 Å².